The lowest BCUT2D eigenvalue weighted by Gasteiger charge is -2.45. The lowest BCUT2D eigenvalue weighted by atomic mass is 9.76. The molecule has 192 valence electrons. The van der Waals surface area contributed by atoms with Crippen molar-refractivity contribution in [3.63, 3.8) is 0 Å². The van der Waals surface area contributed by atoms with Gasteiger partial charge in [0.15, 0.2) is 0 Å². The summed E-state index contributed by atoms with van der Waals surface area (Å²) in [6.07, 6.45) is -2.70. The number of ether oxygens (including phenoxy) is 1. The zero-order valence-electron chi connectivity index (χ0n) is 19.5. The minimum atomic E-state index is -4.61. The number of nitrogens with one attached hydrogen (secondary N) is 2. The third kappa shape index (κ3) is 4.98. The molecule has 1 aliphatic heterocycles. The molecule has 7 nitrogen and oxygen atoms in total. The Bertz CT molecular complexity index is 1250. The molecule has 0 bridgehead atoms. The van der Waals surface area contributed by atoms with Crippen LogP contribution in [-0.2, 0) is 33.5 Å². The number of halogens is 4. The van der Waals surface area contributed by atoms with Crippen molar-refractivity contribution < 1.29 is 27.1 Å². The zero-order valence-corrected chi connectivity index (χ0v) is 19.5. The largest absolute Gasteiger partial charge is 0.416 e. The summed E-state index contributed by atoms with van der Waals surface area (Å²) in [5.74, 6) is 0. The van der Waals surface area contributed by atoms with Gasteiger partial charge in [0.1, 0.15) is 24.8 Å². The first-order chi connectivity index (χ1) is 17.1. The van der Waals surface area contributed by atoms with Crippen LogP contribution in [0, 0.1) is 0 Å². The number of aromatic amines is 1. The second-order valence-electron chi connectivity index (χ2n) is 9.10. The van der Waals surface area contributed by atoms with Gasteiger partial charge in [0.2, 0.25) is 0 Å². The van der Waals surface area contributed by atoms with Crippen LogP contribution in [0.4, 0.5) is 17.6 Å². The maximum Gasteiger partial charge on any atom is 0.416 e. The Morgan fingerprint density at radius 1 is 1.19 bits per heavy atom. The summed E-state index contributed by atoms with van der Waals surface area (Å²) in [6.45, 7) is 0.757. The molecule has 2 N–H and O–H groups in total. The number of rotatable bonds is 8. The van der Waals surface area contributed by atoms with Crippen LogP contribution >= 0.6 is 0 Å². The first-order valence-electron chi connectivity index (χ1n) is 11.4. The molecular formula is C25H26F4N4O3. The van der Waals surface area contributed by atoms with Crippen LogP contribution < -0.4 is 11.0 Å². The van der Waals surface area contributed by atoms with E-state index in [1.54, 1.807) is 6.92 Å². The van der Waals surface area contributed by atoms with E-state index in [2.05, 4.69) is 15.5 Å². The van der Waals surface area contributed by atoms with Crippen LogP contribution in [0.2, 0.25) is 0 Å². The normalized spacial score (nSPS) is 23.4. The second kappa shape index (κ2) is 9.98. The summed E-state index contributed by atoms with van der Waals surface area (Å²) in [5, 5.41) is 9.40. The molecule has 1 fully saturated rings. The van der Waals surface area contributed by atoms with E-state index >= 15 is 0 Å². The highest BCUT2D eigenvalue weighted by molar-refractivity contribution is 5.63. The Kier molecular flexibility index (Phi) is 7.14. The van der Waals surface area contributed by atoms with Gasteiger partial charge in [-0.3, -0.25) is 4.57 Å². The number of carbonyl (C=O) groups excluding carboxylic acids is 1. The summed E-state index contributed by atoms with van der Waals surface area (Å²) in [6, 6.07) is 12.5. The van der Waals surface area contributed by atoms with Crippen LogP contribution in [0.25, 0.3) is 0 Å². The van der Waals surface area contributed by atoms with E-state index in [4.69, 9.17) is 4.74 Å². The minimum absolute atomic E-state index is 0.0641. The molecule has 3 aromatic rings. The van der Waals surface area contributed by atoms with Crippen LogP contribution in [-0.4, -0.2) is 34.2 Å². The molecule has 2 aromatic carbocycles. The number of H-pyrrole nitrogens is 1. The number of carbonyl (C=O) groups is 1. The highest BCUT2D eigenvalue weighted by Gasteiger charge is 2.46. The predicted molar refractivity (Wildman–Crippen MR) is 123 cm³/mol. The van der Waals surface area contributed by atoms with Crippen molar-refractivity contribution in [2.75, 3.05) is 13.2 Å². The summed E-state index contributed by atoms with van der Waals surface area (Å²) in [5.41, 5.74) is -2.36. The number of piperidine rings is 1. The van der Waals surface area contributed by atoms with Gasteiger partial charge in [0, 0.05) is 6.54 Å². The third-order valence-electron chi connectivity index (χ3n) is 6.84. The molecule has 1 aromatic heterocycles. The Labute approximate surface area is 204 Å². The average Bonchev–Trinajstić information content (AvgIpc) is 3.33. The maximum atomic E-state index is 13.3. The van der Waals surface area contributed by atoms with Crippen LogP contribution in [0.3, 0.4) is 0 Å². The number of benzene rings is 2. The van der Waals surface area contributed by atoms with E-state index in [0.29, 0.717) is 12.8 Å². The van der Waals surface area contributed by atoms with Gasteiger partial charge in [-0.15, -0.1) is 0 Å². The van der Waals surface area contributed by atoms with Crippen LogP contribution in [0.5, 0.6) is 0 Å². The lowest BCUT2D eigenvalue weighted by Crippen LogP contribution is -2.60. The molecule has 11 heteroatoms. The summed E-state index contributed by atoms with van der Waals surface area (Å²) < 4.78 is 60.6. The fourth-order valence-electron chi connectivity index (χ4n) is 4.62. The number of alkyl halides is 4. The van der Waals surface area contributed by atoms with Gasteiger partial charge >= 0.3 is 11.9 Å². The Hall–Kier alpha value is -3.31. The quantitative estimate of drug-likeness (QED) is 0.356. The first kappa shape index (κ1) is 25.8. The number of aromatic nitrogens is 3. The van der Waals surface area contributed by atoms with Gasteiger partial charge in [-0.1, -0.05) is 36.4 Å². The molecule has 0 unspecified atom stereocenters. The van der Waals surface area contributed by atoms with Crippen LogP contribution in [0.15, 0.2) is 59.7 Å². The van der Waals surface area contributed by atoms with Gasteiger partial charge in [0.25, 0.3) is 0 Å². The van der Waals surface area contributed by atoms with Gasteiger partial charge in [-0.25, -0.2) is 14.3 Å². The van der Waals surface area contributed by atoms with Crippen LogP contribution in [0.1, 0.15) is 48.1 Å². The summed E-state index contributed by atoms with van der Waals surface area (Å²) in [4.78, 5) is 24.3. The average molecular weight is 507 g/mol. The standard InChI is InChI=1S/C25H26F4N4O3/c1-17(19-9-18(12-26)10-21(11-19)25(27,28)29)36-15-24(20-5-3-2-4-6-20)8-7-23(14-34,13-30-24)33-16-31-32-22(33)35/h2-6,9-11,14,16-17,30H,7-8,12-13,15H2,1H3,(H,32,35)/t17-,23-,24-/m1/s1. The van der Waals surface area contributed by atoms with E-state index in [9.17, 15) is 27.2 Å². The van der Waals surface area contributed by atoms with E-state index in [1.807, 2.05) is 30.3 Å². The van der Waals surface area contributed by atoms with Crippen molar-refractivity contribution in [1.82, 2.24) is 20.1 Å². The van der Waals surface area contributed by atoms with Crippen molar-refractivity contribution in [3.8, 4) is 0 Å². The number of hydrogen-bond acceptors (Lipinski definition) is 5. The Balaban J connectivity index is 1.60. The molecule has 0 aliphatic carbocycles. The van der Waals surface area contributed by atoms with Gasteiger partial charge in [0.05, 0.1) is 23.8 Å². The molecule has 3 atom stereocenters. The highest BCUT2D eigenvalue weighted by Crippen LogP contribution is 2.38. The molecular weight excluding hydrogens is 480 g/mol. The molecule has 36 heavy (non-hydrogen) atoms. The molecule has 2 heterocycles. The fraction of sp³-hybridized carbons (Fsp3) is 0.400. The van der Waals surface area contributed by atoms with Crippen molar-refractivity contribution in [1.29, 1.82) is 0 Å². The van der Waals surface area contributed by atoms with Gasteiger partial charge in [-0.2, -0.15) is 18.3 Å². The van der Waals surface area contributed by atoms with Gasteiger partial charge in [-0.05, 0) is 48.6 Å². The monoisotopic (exact) mass is 506 g/mol. The first-order valence-corrected chi connectivity index (χ1v) is 11.4. The smallest absolute Gasteiger partial charge is 0.372 e. The van der Waals surface area contributed by atoms with Crippen molar-refractivity contribution in [3.05, 3.63) is 87.6 Å². The molecule has 0 spiro atoms. The van der Waals surface area contributed by atoms with Crippen molar-refractivity contribution in [2.45, 2.75) is 49.8 Å². The van der Waals surface area contributed by atoms with E-state index in [1.165, 1.54) is 17.0 Å². The highest BCUT2D eigenvalue weighted by atomic mass is 19.4. The Morgan fingerprint density at radius 2 is 1.94 bits per heavy atom. The molecule has 4 rings (SSSR count). The lowest BCUT2D eigenvalue weighted by molar-refractivity contribution is -0.137. The minimum Gasteiger partial charge on any atom is -0.372 e. The summed E-state index contributed by atoms with van der Waals surface area (Å²) in [7, 11) is 0. The molecule has 0 saturated carbocycles. The van der Waals surface area contributed by atoms with Gasteiger partial charge < -0.3 is 14.8 Å². The van der Waals surface area contributed by atoms with E-state index in [-0.39, 0.29) is 24.3 Å². The molecule has 0 amide bonds. The fourth-order valence-corrected chi connectivity index (χ4v) is 4.62. The molecule has 0 radical (unpaired) electrons. The number of nitrogens with zero attached hydrogens (tertiary/aromatic N) is 2. The maximum absolute atomic E-state index is 13.3. The molecule has 1 aliphatic rings. The summed E-state index contributed by atoms with van der Waals surface area (Å²) >= 11 is 0. The Morgan fingerprint density at radius 3 is 2.50 bits per heavy atom. The predicted octanol–water partition coefficient (Wildman–Crippen LogP) is 4.01. The van der Waals surface area contributed by atoms with Crippen molar-refractivity contribution >= 4 is 6.29 Å². The second-order valence-corrected chi connectivity index (χ2v) is 9.10. The zero-order chi connectivity index (χ0) is 26.0. The van der Waals surface area contributed by atoms with E-state index in [0.717, 1.165) is 24.0 Å². The number of aldehydes is 1. The third-order valence-corrected chi connectivity index (χ3v) is 6.84. The SMILES string of the molecule is C[C@@H](OC[C@@]1(c2ccccc2)CC[C@@](C=O)(n2cn[nH]c2=O)CN1)c1cc(CF)cc(C(F)(F)F)c1. The number of hydrogen-bond donors (Lipinski definition) is 2. The topological polar surface area (TPSA) is 89.0 Å². The van der Waals surface area contributed by atoms with E-state index < -0.39 is 41.3 Å². The molecule has 1 saturated heterocycles. The van der Waals surface area contributed by atoms with Crippen molar-refractivity contribution in [2.24, 2.45) is 0 Å².